The van der Waals surface area contributed by atoms with Crippen LogP contribution in [0, 0.1) is 17.8 Å². The quantitative estimate of drug-likeness (QED) is 0.691. The fourth-order valence-electron chi connectivity index (χ4n) is 4.93. The Bertz CT molecular complexity index is 830. The maximum atomic E-state index is 12.6. The molecular formula is C24H39N3O3S. The summed E-state index contributed by atoms with van der Waals surface area (Å²) >= 11 is 0. The van der Waals surface area contributed by atoms with Gasteiger partial charge in [-0.05, 0) is 82.0 Å². The Kier molecular flexibility index (Phi) is 8.16. The molecule has 0 aromatic heterocycles. The second kappa shape index (κ2) is 10.5. The third-order valence-electron chi connectivity index (χ3n) is 7.16. The SMILES string of the molecule is CC(C)N1CC[C@H](CCc2ccc(NC(=O)C3CCN(S(C)(=O)=O)CC3)cc2)[C@@H](C)C1. The summed E-state index contributed by atoms with van der Waals surface area (Å²) in [5, 5.41) is 3.01. The van der Waals surface area contributed by atoms with E-state index in [0.717, 1.165) is 23.9 Å². The predicted molar refractivity (Wildman–Crippen MR) is 127 cm³/mol. The molecule has 174 valence electrons. The molecule has 2 aliphatic rings. The van der Waals surface area contributed by atoms with E-state index in [0.29, 0.717) is 32.0 Å². The first-order chi connectivity index (χ1) is 14.6. The van der Waals surface area contributed by atoms with Gasteiger partial charge < -0.3 is 10.2 Å². The second-order valence-electron chi connectivity index (χ2n) is 9.78. The smallest absolute Gasteiger partial charge is 0.227 e. The molecule has 0 aliphatic carbocycles. The summed E-state index contributed by atoms with van der Waals surface area (Å²) in [6.07, 6.45) is 5.96. The molecule has 0 saturated carbocycles. The number of hydrogen-bond donors (Lipinski definition) is 1. The van der Waals surface area contributed by atoms with Crippen molar-refractivity contribution >= 4 is 21.6 Å². The highest BCUT2D eigenvalue weighted by atomic mass is 32.2. The molecule has 0 spiro atoms. The Morgan fingerprint density at radius 2 is 1.74 bits per heavy atom. The molecule has 3 rings (SSSR count). The zero-order valence-electron chi connectivity index (χ0n) is 19.5. The monoisotopic (exact) mass is 449 g/mol. The van der Waals surface area contributed by atoms with Crippen molar-refractivity contribution in [3.8, 4) is 0 Å². The molecule has 2 aliphatic heterocycles. The number of piperidine rings is 2. The standard InChI is InChI=1S/C24H39N3O3S/c1-18(2)26-14-11-21(19(3)17-26)8-5-20-6-9-23(10-7-20)25-24(28)22-12-15-27(16-13-22)31(4,29)30/h6-7,9-10,18-19,21-22H,5,8,11-17H2,1-4H3,(H,25,28)/t19-,21-/m0/s1. The van der Waals surface area contributed by atoms with E-state index >= 15 is 0 Å². The van der Waals surface area contributed by atoms with E-state index in [-0.39, 0.29) is 11.8 Å². The second-order valence-corrected chi connectivity index (χ2v) is 11.8. The van der Waals surface area contributed by atoms with Gasteiger partial charge in [0.2, 0.25) is 15.9 Å². The summed E-state index contributed by atoms with van der Waals surface area (Å²) in [4.78, 5) is 15.2. The van der Waals surface area contributed by atoms with Crippen LogP contribution in [-0.4, -0.2) is 62.0 Å². The average molecular weight is 450 g/mol. The van der Waals surface area contributed by atoms with Crippen molar-refractivity contribution in [1.82, 2.24) is 9.21 Å². The van der Waals surface area contributed by atoms with Gasteiger partial charge in [-0.1, -0.05) is 19.1 Å². The lowest BCUT2D eigenvalue weighted by atomic mass is 9.82. The zero-order chi connectivity index (χ0) is 22.6. The number of aryl methyl sites for hydroxylation is 1. The first kappa shape index (κ1) is 24.2. The predicted octanol–water partition coefficient (Wildman–Crippen LogP) is 3.60. The fraction of sp³-hybridized carbons (Fsp3) is 0.708. The van der Waals surface area contributed by atoms with Crippen LogP contribution in [0.4, 0.5) is 5.69 Å². The molecule has 1 N–H and O–H groups in total. The van der Waals surface area contributed by atoms with E-state index < -0.39 is 10.0 Å². The van der Waals surface area contributed by atoms with Crippen molar-refractivity contribution in [2.45, 2.75) is 58.9 Å². The molecule has 0 bridgehead atoms. The van der Waals surface area contributed by atoms with E-state index in [9.17, 15) is 13.2 Å². The number of anilines is 1. The minimum absolute atomic E-state index is 0.00774. The maximum absolute atomic E-state index is 12.6. The lowest BCUT2D eigenvalue weighted by Crippen LogP contribution is -2.43. The Morgan fingerprint density at radius 1 is 1.10 bits per heavy atom. The van der Waals surface area contributed by atoms with Gasteiger partial charge in [0.25, 0.3) is 0 Å². The molecule has 31 heavy (non-hydrogen) atoms. The Morgan fingerprint density at radius 3 is 2.29 bits per heavy atom. The first-order valence-electron chi connectivity index (χ1n) is 11.7. The molecule has 0 radical (unpaired) electrons. The number of nitrogens with one attached hydrogen (secondary N) is 1. The van der Waals surface area contributed by atoms with Crippen LogP contribution in [0.2, 0.25) is 0 Å². The average Bonchev–Trinajstić information content (AvgIpc) is 2.73. The van der Waals surface area contributed by atoms with Crippen LogP contribution >= 0.6 is 0 Å². The number of likely N-dealkylation sites (tertiary alicyclic amines) is 1. The molecule has 2 atom stereocenters. The van der Waals surface area contributed by atoms with Crippen molar-refractivity contribution in [2.24, 2.45) is 17.8 Å². The summed E-state index contributed by atoms with van der Waals surface area (Å²) in [5.74, 6) is 1.39. The Balaban J connectivity index is 1.44. The molecule has 1 amide bonds. The zero-order valence-corrected chi connectivity index (χ0v) is 20.3. The van der Waals surface area contributed by atoms with Crippen LogP contribution in [0.1, 0.15) is 52.0 Å². The van der Waals surface area contributed by atoms with Gasteiger partial charge in [0.05, 0.1) is 6.26 Å². The number of hydrogen-bond acceptors (Lipinski definition) is 4. The van der Waals surface area contributed by atoms with Crippen LogP contribution in [0.25, 0.3) is 0 Å². The first-order valence-corrected chi connectivity index (χ1v) is 13.6. The highest BCUT2D eigenvalue weighted by molar-refractivity contribution is 7.88. The summed E-state index contributed by atoms with van der Waals surface area (Å²) < 4.78 is 24.7. The molecule has 0 unspecified atom stereocenters. The van der Waals surface area contributed by atoms with E-state index in [1.807, 2.05) is 12.1 Å². The topological polar surface area (TPSA) is 69.7 Å². The largest absolute Gasteiger partial charge is 0.326 e. The lowest BCUT2D eigenvalue weighted by molar-refractivity contribution is -0.120. The van der Waals surface area contributed by atoms with Crippen LogP contribution < -0.4 is 5.32 Å². The van der Waals surface area contributed by atoms with Gasteiger partial charge in [0.15, 0.2) is 0 Å². The number of carbonyl (C=O) groups is 1. The minimum Gasteiger partial charge on any atom is -0.326 e. The molecule has 7 heteroatoms. The number of nitrogens with zero attached hydrogens (tertiary/aromatic N) is 2. The Hall–Kier alpha value is -1.44. The molecule has 2 fully saturated rings. The maximum Gasteiger partial charge on any atom is 0.227 e. The van der Waals surface area contributed by atoms with Crippen molar-refractivity contribution in [3.05, 3.63) is 29.8 Å². The molecule has 2 heterocycles. The van der Waals surface area contributed by atoms with E-state index in [1.165, 1.54) is 42.1 Å². The highest BCUT2D eigenvalue weighted by Crippen LogP contribution is 2.29. The van der Waals surface area contributed by atoms with Crippen LogP contribution in [0.5, 0.6) is 0 Å². The summed E-state index contributed by atoms with van der Waals surface area (Å²) in [6.45, 7) is 10.2. The number of amides is 1. The van der Waals surface area contributed by atoms with Crippen LogP contribution in [0.3, 0.4) is 0 Å². The van der Waals surface area contributed by atoms with Crippen molar-refractivity contribution in [2.75, 3.05) is 37.8 Å². The van der Waals surface area contributed by atoms with Gasteiger partial charge in [-0.15, -0.1) is 0 Å². The van der Waals surface area contributed by atoms with Crippen LogP contribution in [0.15, 0.2) is 24.3 Å². The number of carbonyl (C=O) groups excluding carboxylic acids is 1. The normalized spacial score (nSPS) is 24.4. The molecular weight excluding hydrogens is 410 g/mol. The number of rotatable bonds is 7. The van der Waals surface area contributed by atoms with Crippen molar-refractivity contribution in [3.63, 3.8) is 0 Å². The number of benzene rings is 1. The molecule has 1 aromatic rings. The van der Waals surface area contributed by atoms with E-state index in [4.69, 9.17) is 0 Å². The van der Waals surface area contributed by atoms with Gasteiger partial charge in [-0.25, -0.2) is 12.7 Å². The highest BCUT2D eigenvalue weighted by Gasteiger charge is 2.29. The third-order valence-corrected chi connectivity index (χ3v) is 8.47. The van der Waals surface area contributed by atoms with Gasteiger partial charge in [0.1, 0.15) is 0 Å². The van der Waals surface area contributed by atoms with Gasteiger partial charge in [-0.3, -0.25) is 4.79 Å². The summed E-state index contributed by atoms with van der Waals surface area (Å²) in [5.41, 5.74) is 2.14. The van der Waals surface area contributed by atoms with Gasteiger partial charge in [-0.2, -0.15) is 0 Å². The Labute approximate surface area is 188 Å². The van der Waals surface area contributed by atoms with Crippen molar-refractivity contribution in [1.29, 1.82) is 0 Å². The molecule has 6 nitrogen and oxygen atoms in total. The minimum atomic E-state index is -3.16. The van der Waals surface area contributed by atoms with Gasteiger partial charge >= 0.3 is 0 Å². The third kappa shape index (κ3) is 6.77. The van der Waals surface area contributed by atoms with Crippen LogP contribution in [-0.2, 0) is 21.2 Å². The fourth-order valence-corrected chi connectivity index (χ4v) is 5.80. The van der Waals surface area contributed by atoms with E-state index in [2.05, 4.69) is 43.1 Å². The van der Waals surface area contributed by atoms with Gasteiger partial charge in [0, 0.05) is 37.3 Å². The summed E-state index contributed by atoms with van der Waals surface area (Å²) in [6, 6.07) is 8.86. The number of sulfonamides is 1. The van der Waals surface area contributed by atoms with E-state index in [1.54, 1.807) is 0 Å². The lowest BCUT2D eigenvalue weighted by Gasteiger charge is -2.39. The summed E-state index contributed by atoms with van der Waals surface area (Å²) in [7, 11) is -3.16. The molecule has 2 saturated heterocycles. The van der Waals surface area contributed by atoms with Crippen molar-refractivity contribution < 1.29 is 13.2 Å². The molecule has 1 aromatic carbocycles.